The van der Waals surface area contributed by atoms with Crippen LogP contribution in [0.2, 0.25) is 0 Å². The predicted octanol–water partition coefficient (Wildman–Crippen LogP) is 15.6. The number of allylic oxidation sites excluding steroid dienone is 2. The van der Waals surface area contributed by atoms with Crippen LogP contribution in [0, 0.1) is 92.7 Å². The second-order valence-corrected chi connectivity index (χ2v) is 24.4. The van der Waals surface area contributed by atoms with E-state index in [-0.39, 0.29) is 23.0 Å². The lowest BCUT2D eigenvalue weighted by Crippen LogP contribution is -2.51. The van der Waals surface area contributed by atoms with Crippen LogP contribution < -0.4 is 0 Å². The minimum atomic E-state index is -0.397. The third kappa shape index (κ3) is 7.58. The monoisotopic (exact) mass is 785 g/mol. The van der Waals surface area contributed by atoms with Gasteiger partial charge in [0.25, 0.3) is 0 Å². The molecule has 0 unspecified atom stereocenters. The van der Waals surface area contributed by atoms with Crippen molar-refractivity contribution < 1.29 is 14.3 Å². The molecule has 322 valence electrons. The Bertz CT molecular complexity index is 1510. The fourth-order valence-corrected chi connectivity index (χ4v) is 17.6. The molecule has 16 atom stereocenters. The number of hydrogen-bond donors (Lipinski definition) is 0. The van der Waals surface area contributed by atoms with Crippen molar-refractivity contribution in [2.45, 2.75) is 216 Å². The topological polar surface area (TPSA) is 35.5 Å². The van der Waals surface area contributed by atoms with Crippen LogP contribution in [0.1, 0.15) is 204 Å². The Morgan fingerprint density at radius 3 is 1.47 bits per heavy atom. The number of hydrogen-bond acceptors (Lipinski definition) is 3. The van der Waals surface area contributed by atoms with Crippen LogP contribution in [-0.2, 0) is 9.47 Å². The zero-order valence-corrected chi connectivity index (χ0v) is 38.8. The second-order valence-electron chi connectivity index (χ2n) is 24.4. The van der Waals surface area contributed by atoms with Gasteiger partial charge >= 0.3 is 6.16 Å². The van der Waals surface area contributed by atoms with E-state index in [0.29, 0.717) is 10.8 Å². The molecule has 0 aromatic heterocycles. The number of carbonyl (C=O) groups excluding carboxylic acids is 1. The van der Waals surface area contributed by atoms with E-state index in [4.69, 9.17) is 9.47 Å². The van der Waals surface area contributed by atoms with E-state index >= 15 is 0 Å². The first-order valence-corrected chi connectivity index (χ1v) is 25.3. The van der Waals surface area contributed by atoms with Gasteiger partial charge in [-0.2, -0.15) is 0 Å². The minimum absolute atomic E-state index is 0.0341. The maximum Gasteiger partial charge on any atom is 0.508 e. The average molecular weight is 785 g/mol. The highest BCUT2D eigenvalue weighted by Gasteiger charge is 2.61. The standard InChI is InChI=1S/C54H88O3/c1-34(2)12-11-13-36(5)44-20-22-46-42-18-16-38-32-40(24-28-51(38,7)48(42)26-30-53(44,46)9)56-50(55)57-41-25-29-52(8)39(33-41)17-19-43-47-23-21-45(37(6)15-14-35(3)4)54(47,10)31-27-49(43)52/h16-17,34-37,40-49H,11-15,18-33H2,1-10H3/t36-,37+,40-,41+,42-,43-,44-,45-,46+,47-,48-,49-,51-,52+,53+,54+/m0/s1. The van der Waals surface area contributed by atoms with E-state index in [9.17, 15) is 4.79 Å². The summed E-state index contributed by atoms with van der Waals surface area (Å²) in [6.07, 6.45) is 31.8. The van der Waals surface area contributed by atoms with E-state index in [0.717, 1.165) is 110 Å². The van der Waals surface area contributed by atoms with Crippen LogP contribution in [0.25, 0.3) is 0 Å². The van der Waals surface area contributed by atoms with Crippen molar-refractivity contribution in [2.24, 2.45) is 92.7 Å². The highest BCUT2D eigenvalue weighted by Crippen LogP contribution is 2.69. The molecule has 57 heavy (non-hydrogen) atoms. The normalized spacial score (nSPS) is 46.0. The van der Waals surface area contributed by atoms with Gasteiger partial charge in [-0.25, -0.2) is 4.79 Å². The van der Waals surface area contributed by atoms with Crippen molar-refractivity contribution in [1.82, 2.24) is 0 Å². The molecule has 0 N–H and O–H groups in total. The summed E-state index contributed by atoms with van der Waals surface area (Å²) >= 11 is 0. The average Bonchev–Trinajstić information content (AvgIpc) is 3.71. The van der Waals surface area contributed by atoms with Gasteiger partial charge in [0.05, 0.1) is 0 Å². The number of ether oxygens (including phenoxy) is 2. The van der Waals surface area contributed by atoms with E-state index in [1.54, 1.807) is 11.1 Å². The smallest absolute Gasteiger partial charge is 0.431 e. The minimum Gasteiger partial charge on any atom is -0.431 e. The third-order valence-corrected chi connectivity index (χ3v) is 20.8. The van der Waals surface area contributed by atoms with E-state index < -0.39 is 6.16 Å². The Morgan fingerprint density at radius 2 is 1.02 bits per heavy atom. The fourth-order valence-electron chi connectivity index (χ4n) is 17.6. The van der Waals surface area contributed by atoms with Crippen molar-refractivity contribution in [3.05, 3.63) is 23.3 Å². The molecule has 8 rings (SSSR count). The zero-order chi connectivity index (χ0) is 40.5. The molecule has 0 aliphatic heterocycles. The largest absolute Gasteiger partial charge is 0.508 e. The number of carbonyl (C=O) groups is 1. The predicted molar refractivity (Wildman–Crippen MR) is 237 cm³/mol. The van der Waals surface area contributed by atoms with Crippen LogP contribution in [0.4, 0.5) is 4.79 Å². The zero-order valence-electron chi connectivity index (χ0n) is 38.8. The van der Waals surface area contributed by atoms with Crippen molar-refractivity contribution in [3.63, 3.8) is 0 Å². The summed E-state index contributed by atoms with van der Waals surface area (Å²) in [4.78, 5) is 13.5. The highest BCUT2D eigenvalue weighted by atomic mass is 16.7. The molecule has 0 saturated heterocycles. The van der Waals surface area contributed by atoms with Crippen LogP contribution in [0.15, 0.2) is 23.3 Å². The summed E-state index contributed by atoms with van der Waals surface area (Å²) in [5, 5.41) is 0. The first-order chi connectivity index (χ1) is 27.1. The molecule has 0 heterocycles. The SMILES string of the molecule is CC(C)CCC[C@H](C)[C@@H]1CC[C@@H]2[C@@H]3CC=C4C[C@@H](OC(=O)O[C@@H]5CC[C@]6(C)C(=CC[C@H]7[C@@H]8CC[C@@H]([C@H](C)CCC(C)C)[C@@]8(C)CC[C@@H]76)C5)CC[C@]4(C)[C@H]3CC[C@@]21C. The third-order valence-electron chi connectivity index (χ3n) is 20.8. The molecular weight excluding hydrogens is 697 g/mol. The first kappa shape index (κ1) is 42.4. The summed E-state index contributed by atoms with van der Waals surface area (Å²) in [5.41, 5.74) is 4.80. The molecule has 0 amide bonds. The Morgan fingerprint density at radius 1 is 0.561 bits per heavy atom. The van der Waals surface area contributed by atoms with Gasteiger partial charge in [-0.15, -0.1) is 0 Å². The van der Waals surface area contributed by atoms with E-state index in [1.807, 2.05) is 0 Å². The van der Waals surface area contributed by atoms with E-state index in [1.165, 1.54) is 96.3 Å². The Hall–Kier alpha value is -1.25. The fraction of sp³-hybridized carbons (Fsp3) is 0.907. The van der Waals surface area contributed by atoms with Crippen LogP contribution >= 0.6 is 0 Å². The maximum atomic E-state index is 13.5. The molecule has 0 spiro atoms. The van der Waals surface area contributed by atoms with Gasteiger partial charge in [0.1, 0.15) is 12.2 Å². The van der Waals surface area contributed by atoms with Crippen LogP contribution in [0.5, 0.6) is 0 Å². The summed E-state index contributed by atoms with van der Waals surface area (Å²) in [6, 6.07) is 0. The van der Waals surface area contributed by atoms with Crippen molar-refractivity contribution in [3.8, 4) is 0 Å². The molecule has 0 aromatic carbocycles. The van der Waals surface area contributed by atoms with Crippen molar-refractivity contribution in [1.29, 1.82) is 0 Å². The van der Waals surface area contributed by atoms with Crippen LogP contribution in [0.3, 0.4) is 0 Å². The quantitative estimate of drug-likeness (QED) is 0.155. The molecule has 0 aromatic rings. The second kappa shape index (κ2) is 16.2. The lowest BCUT2D eigenvalue weighted by Gasteiger charge is -2.58. The molecule has 3 nitrogen and oxygen atoms in total. The summed E-state index contributed by atoms with van der Waals surface area (Å²) in [6.45, 7) is 25.3. The van der Waals surface area contributed by atoms with Crippen molar-refractivity contribution in [2.75, 3.05) is 0 Å². The molecule has 8 aliphatic carbocycles. The molecule has 0 radical (unpaired) electrons. The number of fused-ring (bicyclic) bond motifs is 10. The maximum absolute atomic E-state index is 13.5. The Balaban J connectivity index is 0.843. The number of rotatable bonds is 11. The Labute approximate surface area is 351 Å². The van der Waals surface area contributed by atoms with Gasteiger partial charge in [0.15, 0.2) is 0 Å². The lowest BCUT2D eigenvalue weighted by molar-refractivity contribution is -0.0717. The van der Waals surface area contributed by atoms with Gasteiger partial charge < -0.3 is 9.47 Å². The van der Waals surface area contributed by atoms with Gasteiger partial charge in [-0.05, 0) is 183 Å². The molecule has 8 aliphatic rings. The summed E-state index contributed by atoms with van der Waals surface area (Å²) in [7, 11) is 0. The van der Waals surface area contributed by atoms with Crippen molar-refractivity contribution >= 4 is 6.16 Å². The molecule has 6 saturated carbocycles. The summed E-state index contributed by atoms with van der Waals surface area (Å²) < 4.78 is 12.5. The molecule has 0 bridgehead atoms. The highest BCUT2D eigenvalue weighted by molar-refractivity contribution is 5.60. The lowest BCUT2D eigenvalue weighted by atomic mass is 9.47. The molecular formula is C54H88O3. The molecule has 6 fully saturated rings. The summed E-state index contributed by atoms with van der Waals surface area (Å²) in [5.74, 6) is 10.2. The van der Waals surface area contributed by atoms with Gasteiger partial charge in [0, 0.05) is 12.8 Å². The van der Waals surface area contributed by atoms with E-state index in [2.05, 4.69) is 81.4 Å². The molecule has 3 heteroatoms. The Kier molecular flexibility index (Phi) is 12.1. The first-order valence-electron chi connectivity index (χ1n) is 25.3. The van der Waals surface area contributed by atoms with Gasteiger partial charge in [-0.3, -0.25) is 0 Å². The van der Waals surface area contributed by atoms with Gasteiger partial charge in [0.2, 0.25) is 0 Å². The van der Waals surface area contributed by atoms with Crippen LogP contribution in [-0.4, -0.2) is 18.4 Å². The van der Waals surface area contributed by atoms with Gasteiger partial charge in [-0.1, -0.05) is 125 Å².